The Labute approximate surface area is 154 Å². The van der Waals surface area contributed by atoms with Crippen molar-refractivity contribution < 1.29 is 17.6 Å². The highest BCUT2D eigenvalue weighted by molar-refractivity contribution is 7.89. The summed E-state index contributed by atoms with van der Waals surface area (Å²) < 4.78 is 41.4. The summed E-state index contributed by atoms with van der Waals surface area (Å²) in [6, 6.07) is 4.01. The first-order valence-electron chi connectivity index (χ1n) is 8.98. The van der Waals surface area contributed by atoms with Crippen LogP contribution in [0, 0.1) is 12.7 Å². The van der Waals surface area contributed by atoms with E-state index in [4.69, 9.17) is 0 Å². The number of benzene rings is 1. The molecule has 142 valence electrons. The second kappa shape index (κ2) is 7.12. The quantitative estimate of drug-likeness (QED) is 0.755. The van der Waals surface area contributed by atoms with E-state index in [1.54, 1.807) is 17.9 Å². The van der Waals surface area contributed by atoms with E-state index in [9.17, 15) is 17.6 Å². The van der Waals surface area contributed by atoms with E-state index in [-0.39, 0.29) is 17.3 Å². The maximum absolute atomic E-state index is 13.9. The number of nitrogens with zero attached hydrogens (tertiary/aromatic N) is 2. The summed E-state index contributed by atoms with van der Waals surface area (Å²) in [4.78, 5) is 14.2. The van der Waals surface area contributed by atoms with Crippen LogP contribution in [0.5, 0.6) is 0 Å². The molecule has 0 bridgehead atoms. The molecule has 2 saturated heterocycles. The van der Waals surface area contributed by atoms with Crippen LogP contribution < -0.4 is 0 Å². The van der Waals surface area contributed by atoms with E-state index in [1.165, 1.54) is 16.4 Å². The van der Waals surface area contributed by atoms with Crippen LogP contribution in [0.3, 0.4) is 0 Å². The lowest BCUT2D eigenvalue weighted by Crippen LogP contribution is -2.63. The van der Waals surface area contributed by atoms with Gasteiger partial charge in [-0.3, -0.25) is 4.79 Å². The standard InChI is InChI=1S/C19H25FN2O3S/c1-3-11-22-18(23)6-4-9-19(22)10-5-12-21(14-19)26(24,25)16-8-7-15(2)17(20)13-16/h3,7-8,13H,1,4-6,9-12,14H2,2H3. The first kappa shape index (κ1) is 19.0. The Hall–Kier alpha value is -1.73. The van der Waals surface area contributed by atoms with Gasteiger partial charge in [0.2, 0.25) is 15.9 Å². The van der Waals surface area contributed by atoms with Crippen molar-refractivity contribution in [2.45, 2.75) is 49.5 Å². The largest absolute Gasteiger partial charge is 0.332 e. The van der Waals surface area contributed by atoms with Crippen LogP contribution in [0.15, 0.2) is 35.7 Å². The molecule has 0 saturated carbocycles. The minimum atomic E-state index is -3.80. The second-order valence-corrected chi connectivity index (χ2v) is 9.16. The lowest BCUT2D eigenvalue weighted by molar-refractivity contribution is -0.143. The van der Waals surface area contributed by atoms with Crippen molar-refractivity contribution in [1.82, 2.24) is 9.21 Å². The molecule has 0 aliphatic carbocycles. The van der Waals surface area contributed by atoms with Crippen molar-refractivity contribution >= 4 is 15.9 Å². The minimum absolute atomic E-state index is 0.0324. The number of amides is 1. The Bertz CT molecular complexity index is 820. The molecular formula is C19H25FN2O3S. The second-order valence-electron chi connectivity index (χ2n) is 7.22. The fourth-order valence-electron chi connectivity index (χ4n) is 4.11. The smallest absolute Gasteiger partial charge is 0.243 e. The first-order valence-corrected chi connectivity index (χ1v) is 10.4. The van der Waals surface area contributed by atoms with Gasteiger partial charge >= 0.3 is 0 Å². The molecule has 5 nitrogen and oxygen atoms in total. The van der Waals surface area contributed by atoms with Gasteiger partial charge in [-0.25, -0.2) is 12.8 Å². The SMILES string of the molecule is C=CCN1C(=O)CCCC12CCCN(S(=O)(=O)c1ccc(C)c(F)c1)C2. The van der Waals surface area contributed by atoms with Crippen LogP contribution in [0.1, 0.15) is 37.7 Å². The van der Waals surface area contributed by atoms with Gasteiger partial charge in [-0.15, -0.1) is 6.58 Å². The summed E-state index contributed by atoms with van der Waals surface area (Å²) >= 11 is 0. The summed E-state index contributed by atoms with van der Waals surface area (Å²) in [6.45, 7) is 6.39. The number of piperidine rings is 2. The van der Waals surface area contributed by atoms with Crippen LogP contribution >= 0.6 is 0 Å². The number of hydrogen-bond acceptors (Lipinski definition) is 3. The fraction of sp³-hybridized carbons (Fsp3) is 0.526. The van der Waals surface area contributed by atoms with Gasteiger partial charge in [0.05, 0.1) is 10.4 Å². The van der Waals surface area contributed by atoms with Crippen LogP contribution in [0.2, 0.25) is 0 Å². The van der Waals surface area contributed by atoms with Crippen molar-refractivity contribution in [2.24, 2.45) is 0 Å². The molecule has 0 N–H and O–H groups in total. The minimum Gasteiger partial charge on any atom is -0.332 e. The number of carbonyl (C=O) groups excluding carboxylic acids is 1. The van der Waals surface area contributed by atoms with Crippen LogP contribution in [-0.2, 0) is 14.8 Å². The third-order valence-corrected chi connectivity index (χ3v) is 7.36. The number of halogens is 1. The fourth-order valence-corrected chi connectivity index (χ4v) is 5.68. The van der Waals surface area contributed by atoms with Gasteiger partial charge in [0, 0.05) is 26.1 Å². The molecule has 2 aliphatic rings. The average Bonchev–Trinajstić information content (AvgIpc) is 2.61. The van der Waals surface area contributed by atoms with Crippen molar-refractivity contribution in [3.05, 3.63) is 42.2 Å². The number of rotatable bonds is 4. The van der Waals surface area contributed by atoms with Crippen LogP contribution in [0.4, 0.5) is 4.39 Å². The molecule has 7 heteroatoms. The molecule has 1 unspecified atom stereocenters. The highest BCUT2D eigenvalue weighted by atomic mass is 32.2. The van der Waals surface area contributed by atoms with Gasteiger partial charge in [-0.1, -0.05) is 12.1 Å². The maximum Gasteiger partial charge on any atom is 0.243 e. The summed E-state index contributed by atoms with van der Waals surface area (Å²) in [5.41, 5.74) is -0.0768. The molecule has 1 atom stereocenters. The lowest BCUT2D eigenvalue weighted by Gasteiger charge is -2.51. The van der Waals surface area contributed by atoms with E-state index in [0.29, 0.717) is 31.5 Å². The van der Waals surface area contributed by atoms with E-state index < -0.39 is 21.4 Å². The molecule has 3 rings (SSSR count). The molecule has 2 fully saturated rings. The van der Waals surface area contributed by atoms with Gasteiger partial charge in [0.1, 0.15) is 5.82 Å². The normalized spacial score (nSPS) is 24.8. The Morgan fingerprint density at radius 2 is 2.04 bits per heavy atom. The molecule has 1 spiro atoms. The predicted molar refractivity (Wildman–Crippen MR) is 97.6 cm³/mol. The Balaban J connectivity index is 1.92. The molecule has 1 amide bonds. The third kappa shape index (κ3) is 3.30. The van der Waals surface area contributed by atoms with Gasteiger partial charge < -0.3 is 4.90 Å². The summed E-state index contributed by atoms with van der Waals surface area (Å²) in [5.74, 6) is -0.476. The number of sulfonamides is 1. The number of carbonyl (C=O) groups is 1. The molecule has 1 aromatic carbocycles. The number of hydrogen-bond donors (Lipinski definition) is 0. The van der Waals surface area contributed by atoms with Gasteiger partial charge in [0.25, 0.3) is 0 Å². The van der Waals surface area contributed by atoms with E-state index in [0.717, 1.165) is 25.3 Å². The number of likely N-dealkylation sites (tertiary alicyclic amines) is 1. The molecule has 2 aliphatic heterocycles. The molecule has 26 heavy (non-hydrogen) atoms. The zero-order chi connectivity index (χ0) is 18.9. The Morgan fingerprint density at radius 3 is 2.73 bits per heavy atom. The Morgan fingerprint density at radius 1 is 1.31 bits per heavy atom. The summed E-state index contributed by atoms with van der Waals surface area (Å²) in [6.07, 6.45) is 5.18. The molecule has 0 aromatic heterocycles. The Kier molecular flexibility index (Phi) is 5.21. The monoisotopic (exact) mass is 380 g/mol. The van der Waals surface area contributed by atoms with Crippen LogP contribution in [-0.4, -0.2) is 48.7 Å². The third-order valence-electron chi connectivity index (χ3n) is 5.52. The van der Waals surface area contributed by atoms with Crippen molar-refractivity contribution in [2.75, 3.05) is 19.6 Å². The predicted octanol–water partition coefficient (Wildman–Crippen LogP) is 2.86. The van der Waals surface area contributed by atoms with E-state index in [2.05, 4.69) is 6.58 Å². The van der Waals surface area contributed by atoms with Gasteiger partial charge in [-0.2, -0.15) is 4.31 Å². The molecule has 0 radical (unpaired) electrons. The lowest BCUT2D eigenvalue weighted by atomic mass is 9.80. The summed E-state index contributed by atoms with van der Waals surface area (Å²) in [7, 11) is -3.80. The van der Waals surface area contributed by atoms with Gasteiger partial charge in [-0.05, 0) is 50.3 Å². The average molecular weight is 380 g/mol. The van der Waals surface area contributed by atoms with Crippen molar-refractivity contribution in [3.8, 4) is 0 Å². The topological polar surface area (TPSA) is 57.7 Å². The van der Waals surface area contributed by atoms with Crippen LogP contribution in [0.25, 0.3) is 0 Å². The zero-order valence-electron chi connectivity index (χ0n) is 15.1. The van der Waals surface area contributed by atoms with Gasteiger partial charge in [0.15, 0.2) is 0 Å². The molecular weight excluding hydrogens is 355 g/mol. The van der Waals surface area contributed by atoms with E-state index in [1.807, 2.05) is 0 Å². The molecule has 2 heterocycles. The van der Waals surface area contributed by atoms with Crippen molar-refractivity contribution in [1.29, 1.82) is 0 Å². The summed E-state index contributed by atoms with van der Waals surface area (Å²) in [5, 5.41) is 0. The highest BCUT2D eigenvalue weighted by Gasteiger charge is 2.47. The first-order chi connectivity index (χ1) is 12.3. The molecule has 1 aromatic rings. The zero-order valence-corrected chi connectivity index (χ0v) is 15.9. The number of aryl methyl sites for hydroxylation is 1. The van der Waals surface area contributed by atoms with Crippen molar-refractivity contribution in [3.63, 3.8) is 0 Å². The highest BCUT2D eigenvalue weighted by Crippen LogP contribution is 2.38. The van der Waals surface area contributed by atoms with E-state index >= 15 is 0 Å². The maximum atomic E-state index is 13.9.